The maximum atomic E-state index is 15.0. The van der Waals surface area contributed by atoms with Crippen LogP contribution in [-0.4, -0.2) is 209 Å². The van der Waals surface area contributed by atoms with Crippen LogP contribution in [0.2, 0.25) is 0 Å². The largest absolute Gasteiger partial charge is 0.417 e. The molecule has 8 amide bonds. The molecule has 0 saturated carbocycles. The van der Waals surface area contributed by atoms with Gasteiger partial charge in [0.1, 0.15) is 42.3 Å². The van der Waals surface area contributed by atoms with Gasteiger partial charge in [0.15, 0.2) is 0 Å². The molecule has 6 N–H and O–H groups in total. The van der Waals surface area contributed by atoms with Crippen LogP contribution >= 0.6 is 0 Å². The summed E-state index contributed by atoms with van der Waals surface area (Å²) in [4.78, 5) is 138. The molecule has 1 fully saturated rings. The van der Waals surface area contributed by atoms with Crippen LogP contribution < -0.4 is 21.3 Å². The van der Waals surface area contributed by atoms with Gasteiger partial charge in [0.05, 0.1) is 31.1 Å². The van der Waals surface area contributed by atoms with E-state index in [4.69, 9.17) is 4.74 Å². The van der Waals surface area contributed by atoms with Crippen molar-refractivity contribution in [1.29, 1.82) is 0 Å². The predicted octanol–water partition coefficient (Wildman–Crippen LogP) is 3.78. The van der Waals surface area contributed by atoms with E-state index in [-0.39, 0.29) is 55.3 Å². The summed E-state index contributed by atoms with van der Waals surface area (Å²) in [6.07, 6.45) is -0.219. The zero-order valence-electron chi connectivity index (χ0n) is 52.7. The minimum Gasteiger partial charge on any atom is -0.391 e. The van der Waals surface area contributed by atoms with E-state index in [0.29, 0.717) is 12.8 Å². The fourth-order valence-corrected chi connectivity index (χ4v) is 9.93. The molecule has 0 aromatic heterocycles. The monoisotopic (exact) mass is 1130 g/mol. The molecule has 1 rings (SSSR count). The Balaban J connectivity index is 4.31. The van der Waals surface area contributed by atoms with E-state index < -0.39 is 139 Å². The number of amides is 8. The molecular weight excluding hydrogens is 1030 g/mol. The van der Waals surface area contributed by atoms with Crippen LogP contribution in [-0.2, 0) is 43.1 Å². The van der Waals surface area contributed by atoms with Crippen LogP contribution in [0.3, 0.4) is 0 Å². The third-order valence-electron chi connectivity index (χ3n) is 14.7. The maximum absolute atomic E-state index is 15.0. The number of aliphatic hydroxyl groups is 2. The van der Waals surface area contributed by atoms with Gasteiger partial charge in [0, 0.05) is 35.2 Å². The predicted molar refractivity (Wildman–Crippen MR) is 309 cm³/mol. The van der Waals surface area contributed by atoms with Crippen LogP contribution in [0.25, 0.3) is 0 Å². The smallest absolute Gasteiger partial charge is 0.391 e. The first-order valence-corrected chi connectivity index (χ1v) is 28.8. The van der Waals surface area contributed by atoms with Crippen molar-refractivity contribution in [2.75, 3.05) is 48.8 Å². The van der Waals surface area contributed by atoms with Crippen molar-refractivity contribution in [2.45, 2.75) is 216 Å². The van der Waals surface area contributed by atoms with Crippen LogP contribution in [0.4, 0.5) is 4.79 Å². The van der Waals surface area contributed by atoms with E-state index in [9.17, 15) is 53.4 Å². The lowest BCUT2D eigenvalue weighted by molar-refractivity contribution is -0.155. The minimum absolute atomic E-state index is 0.0550. The van der Waals surface area contributed by atoms with Gasteiger partial charge in [-0.15, -0.1) is 0 Å². The fraction of sp³-hybridized carbons (Fsp3) is 0.810. The van der Waals surface area contributed by atoms with Crippen LogP contribution in [0, 0.1) is 41.4 Å². The quantitative estimate of drug-likeness (QED) is 0.0730. The molecule has 3 unspecified atom stereocenters. The first-order valence-electron chi connectivity index (χ1n) is 28.8. The molecule has 1 heterocycles. The lowest BCUT2D eigenvalue weighted by atomic mass is 9.91. The molecule has 460 valence electrons. The van der Waals surface area contributed by atoms with Crippen molar-refractivity contribution in [1.82, 2.24) is 50.7 Å². The fourth-order valence-electron chi connectivity index (χ4n) is 9.93. The Bertz CT molecular complexity index is 2080. The number of nitrogens with zero attached hydrogens (tertiary/aromatic N) is 6. The molecule has 0 radical (unpaired) electrons. The molecule has 0 aliphatic carbocycles. The molecule has 22 nitrogen and oxygen atoms in total. The van der Waals surface area contributed by atoms with Gasteiger partial charge in [0.25, 0.3) is 0 Å². The second-order valence-electron chi connectivity index (χ2n) is 24.9. The zero-order valence-corrected chi connectivity index (χ0v) is 52.7. The van der Waals surface area contributed by atoms with E-state index >= 15 is 0 Å². The molecule has 0 aromatic carbocycles. The summed E-state index contributed by atoms with van der Waals surface area (Å²) in [5, 5.41) is 35.0. The average molecular weight is 1140 g/mol. The van der Waals surface area contributed by atoms with Crippen molar-refractivity contribution >= 4 is 53.4 Å². The Morgan fingerprint density at radius 1 is 0.562 bits per heavy atom. The summed E-state index contributed by atoms with van der Waals surface area (Å²) in [7, 11) is 8.61. The van der Waals surface area contributed by atoms with E-state index in [1.165, 1.54) is 52.0 Å². The number of hydrogen-bond donors (Lipinski definition) is 6. The van der Waals surface area contributed by atoms with E-state index in [1.807, 2.05) is 74.1 Å². The summed E-state index contributed by atoms with van der Waals surface area (Å²) in [6, 6.07) is -9.23. The molecule has 0 bridgehead atoms. The second-order valence-corrected chi connectivity index (χ2v) is 24.9. The Morgan fingerprint density at radius 2 is 1.04 bits per heavy atom. The zero-order chi connectivity index (χ0) is 62.0. The Labute approximate surface area is 479 Å². The van der Waals surface area contributed by atoms with Gasteiger partial charge in [-0.3, -0.25) is 48.7 Å². The molecule has 0 spiro atoms. The molecule has 22 heteroatoms. The number of carbonyl (C=O) groups is 9. The summed E-state index contributed by atoms with van der Waals surface area (Å²) in [5.74, 6) is -7.59. The van der Waals surface area contributed by atoms with Crippen LogP contribution in [0.5, 0.6) is 0 Å². The average Bonchev–Trinajstić information content (AvgIpc) is 3.34. The first kappa shape index (κ1) is 72.8. The van der Waals surface area contributed by atoms with Crippen molar-refractivity contribution in [3.05, 3.63) is 12.2 Å². The Kier molecular flexibility index (Phi) is 30.6. The normalized spacial score (nSPS) is 27.0. The van der Waals surface area contributed by atoms with Crippen LogP contribution in [0.15, 0.2) is 12.2 Å². The Hall–Kier alpha value is -5.19. The summed E-state index contributed by atoms with van der Waals surface area (Å²) in [6.45, 7) is 28.3. The van der Waals surface area contributed by atoms with Crippen molar-refractivity contribution < 1.29 is 58.1 Å². The van der Waals surface area contributed by atoms with Gasteiger partial charge in [-0.2, -0.15) is 0 Å². The van der Waals surface area contributed by atoms with E-state index in [2.05, 4.69) is 21.3 Å². The third-order valence-corrected chi connectivity index (χ3v) is 14.7. The highest BCUT2D eigenvalue weighted by Crippen LogP contribution is 2.24. The topological polar surface area (TPSA) is 271 Å². The van der Waals surface area contributed by atoms with Crippen molar-refractivity contribution in [2.24, 2.45) is 41.4 Å². The number of allylic oxidation sites excluding steroid dienone is 2. The Morgan fingerprint density at radius 3 is 1.51 bits per heavy atom. The number of hydrogen-bond acceptors (Lipinski definition) is 14. The number of rotatable bonds is 16. The molecule has 1 aliphatic rings. The molecule has 80 heavy (non-hydrogen) atoms. The van der Waals surface area contributed by atoms with Gasteiger partial charge >= 0.3 is 12.1 Å². The van der Waals surface area contributed by atoms with Gasteiger partial charge in [0.2, 0.25) is 41.4 Å². The highest BCUT2D eigenvalue weighted by Gasteiger charge is 2.45. The number of nitrogens with one attached hydrogen (secondary N) is 4. The highest BCUT2D eigenvalue weighted by atomic mass is 16.6. The number of ether oxygens (including phenoxy) is 1. The summed E-state index contributed by atoms with van der Waals surface area (Å²) < 4.78 is 5.47. The highest BCUT2D eigenvalue weighted by molar-refractivity contribution is 5.98. The molecule has 1 aliphatic heterocycles. The number of likely N-dealkylation sites (N-methyl/N-ethyl adjacent to an activating group) is 5. The third kappa shape index (κ3) is 21.9. The number of esters is 1. The standard InChI is InChI=1S/C58H106N10O12/c1-23-24-25-38(14)50(71)49-53(74)62-47(40(16)69)55(76)63(17)31-46(70)64(18)42(27-33(4)5)52(73)61-45(30-36(10)11)66(20)44(29-35(8)9)59-39(15)57(78)80-58(79)65(19)43(28-34(6)7)51(72)60-41(26-32(2)3)54(75)67(21)48(37(12)13)56(77)68(49)22/h23-24,32-45,47-50,59,69,71H,25-31H2,1-22H3,(H,60,72)(H,61,73)(H,62,74)/b24-23+/t38-,39-,40-,41-,42+,43-,44-,45+,47?,48?,49?,50-/m1/s1. The van der Waals surface area contributed by atoms with E-state index in [1.54, 1.807) is 53.8 Å². The van der Waals surface area contributed by atoms with Gasteiger partial charge < -0.3 is 50.5 Å². The number of aliphatic hydroxyl groups excluding tert-OH is 2. The number of carbonyl (C=O) groups excluding carboxylic acids is 9. The molecule has 1 saturated heterocycles. The first-order chi connectivity index (χ1) is 36.9. The van der Waals surface area contributed by atoms with Gasteiger partial charge in [-0.1, -0.05) is 102 Å². The van der Waals surface area contributed by atoms with Crippen molar-refractivity contribution in [3.63, 3.8) is 0 Å². The molecular formula is C58H106N10O12. The molecule has 0 aromatic rings. The van der Waals surface area contributed by atoms with Gasteiger partial charge in [-0.05, 0) is 108 Å². The van der Waals surface area contributed by atoms with Gasteiger partial charge in [-0.25, -0.2) is 9.59 Å². The number of cyclic esters (lactones) is 2. The lowest BCUT2D eigenvalue weighted by Gasteiger charge is -2.40. The minimum atomic E-state index is -1.70. The van der Waals surface area contributed by atoms with Crippen LogP contribution in [0.1, 0.15) is 149 Å². The second kappa shape index (κ2) is 33.7. The lowest BCUT2D eigenvalue weighted by Crippen LogP contribution is -2.64. The van der Waals surface area contributed by atoms with Crippen molar-refractivity contribution in [3.8, 4) is 0 Å². The summed E-state index contributed by atoms with van der Waals surface area (Å²) >= 11 is 0. The maximum Gasteiger partial charge on any atom is 0.417 e. The van der Waals surface area contributed by atoms with E-state index in [0.717, 1.165) is 14.7 Å². The molecule has 12 atom stereocenters. The summed E-state index contributed by atoms with van der Waals surface area (Å²) in [5.41, 5.74) is 0. The SMILES string of the molecule is C/C=C/C[C@@H](C)[C@@H](O)C1C(=O)NC([C@@H](C)O)C(=O)N(C)CC(=O)N(C)[C@@H](CC(C)C)C(=O)N[C@H](CC(C)C)N(C)[C@H](CC(C)C)N[C@H](C)C(=O)OC(=O)N(C)[C@H](CC(C)C)C(=O)N[C@H](CC(C)C)C(=O)N(C)C(C(C)C)C(=O)N1C.